The standard InChI is InChI=1S/C24H30O6/c1-27-19-9-13(10-20(28-2)23(19)25)15-5-7-18-16(6-8-17(15)18)14-11-21(29-3)24(26)22(12-14)30-4/h9-12,15-18,25-26H,5-8H2,1-4H3. The van der Waals surface area contributed by atoms with E-state index < -0.39 is 0 Å². The van der Waals surface area contributed by atoms with Crippen molar-refractivity contribution >= 4 is 0 Å². The van der Waals surface area contributed by atoms with Crippen LogP contribution in [-0.4, -0.2) is 38.7 Å². The van der Waals surface area contributed by atoms with Crippen molar-refractivity contribution in [2.24, 2.45) is 11.8 Å². The summed E-state index contributed by atoms with van der Waals surface area (Å²) >= 11 is 0. The molecule has 0 bridgehead atoms. The second-order valence-corrected chi connectivity index (χ2v) is 8.24. The lowest BCUT2D eigenvalue weighted by molar-refractivity contribution is 0.335. The molecule has 30 heavy (non-hydrogen) atoms. The molecular formula is C24H30O6. The Labute approximate surface area is 177 Å². The fourth-order valence-corrected chi connectivity index (χ4v) is 5.68. The van der Waals surface area contributed by atoms with Crippen molar-refractivity contribution in [2.45, 2.75) is 37.5 Å². The topological polar surface area (TPSA) is 77.4 Å². The predicted molar refractivity (Wildman–Crippen MR) is 113 cm³/mol. The number of phenolic OH excluding ortho intramolecular Hbond substituents is 2. The lowest BCUT2D eigenvalue weighted by Gasteiger charge is -2.23. The van der Waals surface area contributed by atoms with Gasteiger partial charge in [-0.05, 0) is 84.7 Å². The molecule has 2 aliphatic rings. The molecule has 0 saturated heterocycles. The molecule has 2 N–H and O–H groups in total. The van der Waals surface area contributed by atoms with Crippen LogP contribution < -0.4 is 18.9 Å². The van der Waals surface area contributed by atoms with Crippen molar-refractivity contribution in [3.8, 4) is 34.5 Å². The van der Waals surface area contributed by atoms with Gasteiger partial charge in [-0.15, -0.1) is 0 Å². The van der Waals surface area contributed by atoms with Gasteiger partial charge in [0.15, 0.2) is 23.0 Å². The van der Waals surface area contributed by atoms with Gasteiger partial charge >= 0.3 is 0 Å². The number of fused-ring (bicyclic) bond motifs is 1. The predicted octanol–water partition coefficient (Wildman–Crippen LogP) is 4.82. The van der Waals surface area contributed by atoms with Gasteiger partial charge in [0.05, 0.1) is 28.4 Å². The first kappa shape index (κ1) is 20.5. The summed E-state index contributed by atoms with van der Waals surface area (Å²) in [6.07, 6.45) is 4.46. The van der Waals surface area contributed by atoms with E-state index in [1.165, 1.54) is 0 Å². The maximum Gasteiger partial charge on any atom is 0.200 e. The van der Waals surface area contributed by atoms with E-state index in [9.17, 15) is 10.2 Å². The molecule has 0 spiro atoms. The molecule has 0 radical (unpaired) electrons. The normalized spacial score (nSPS) is 25.1. The van der Waals surface area contributed by atoms with E-state index in [4.69, 9.17) is 18.9 Å². The van der Waals surface area contributed by atoms with Gasteiger partial charge in [-0.25, -0.2) is 0 Å². The molecule has 6 heteroatoms. The Balaban J connectivity index is 1.63. The van der Waals surface area contributed by atoms with Gasteiger partial charge in [-0.1, -0.05) is 0 Å². The summed E-state index contributed by atoms with van der Waals surface area (Å²) in [5, 5.41) is 20.5. The van der Waals surface area contributed by atoms with Gasteiger partial charge in [0.25, 0.3) is 0 Å². The number of hydrogen-bond donors (Lipinski definition) is 2. The number of aromatic hydroxyl groups is 2. The summed E-state index contributed by atoms with van der Waals surface area (Å²) < 4.78 is 21.5. The maximum absolute atomic E-state index is 10.3. The largest absolute Gasteiger partial charge is 0.502 e. The van der Waals surface area contributed by atoms with Crippen LogP contribution in [0.1, 0.15) is 48.6 Å². The molecule has 2 aromatic rings. The summed E-state index contributed by atoms with van der Waals surface area (Å²) in [6, 6.07) is 7.80. The second kappa shape index (κ2) is 8.17. The summed E-state index contributed by atoms with van der Waals surface area (Å²) in [4.78, 5) is 0. The first-order valence-corrected chi connectivity index (χ1v) is 10.4. The number of hydrogen-bond acceptors (Lipinski definition) is 6. The van der Waals surface area contributed by atoms with Gasteiger partial charge in [0.1, 0.15) is 0 Å². The monoisotopic (exact) mass is 414 g/mol. The van der Waals surface area contributed by atoms with E-state index in [1.54, 1.807) is 28.4 Å². The highest BCUT2D eigenvalue weighted by Gasteiger charge is 2.46. The van der Waals surface area contributed by atoms with Gasteiger partial charge in [-0.3, -0.25) is 0 Å². The fraction of sp³-hybridized carbons (Fsp3) is 0.500. The minimum atomic E-state index is 0.0471. The average molecular weight is 414 g/mol. The van der Waals surface area contributed by atoms with E-state index >= 15 is 0 Å². The van der Waals surface area contributed by atoms with E-state index in [-0.39, 0.29) is 11.5 Å². The zero-order valence-corrected chi connectivity index (χ0v) is 18.0. The van der Waals surface area contributed by atoms with Crippen LogP contribution in [0.4, 0.5) is 0 Å². The molecule has 4 atom stereocenters. The third kappa shape index (κ3) is 3.28. The summed E-state index contributed by atoms with van der Waals surface area (Å²) in [7, 11) is 6.25. The van der Waals surface area contributed by atoms with E-state index in [0.717, 1.165) is 36.8 Å². The highest BCUT2D eigenvalue weighted by atomic mass is 16.5. The Morgan fingerprint density at radius 1 is 0.567 bits per heavy atom. The highest BCUT2D eigenvalue weighted by Crippen LogP contribution is 2.59. The Kier molecular flexibility index (Phi) is 5.58. The quantitative estimate of drug-likeness (QED) is 0.706. The molecule has 6 nitrogen and oxygen atoms in total. The van der Waals surface area contributed by atoms with Crippen LogP contribution in [0, 0.1) is 11.8 Å². The molecule has 2 aliphatic carbocycles. The van der Waals surface area contributed by atoms with Gasteiger partial charge in [0.2, 0.25) is 11.5 Å². The van der Waals surface area contributed by atoms with Crippen molar-refractivity contribution in [2.75, 3.05) is 28.4 Å². The Morgan fingerprint density at radius 3 is 1.13 bits per heavy atom. The van der Waals surface area contributed by atoms with Gasteiger partial charge in [-0.2, -0.15) is 0 Å². The number of phenols is 2. The van der Waals surface area contributed by atoms with Crippen LogP contribution >= 0.6 is 0 Å². The van der Waals surface area contributed by atoms with Gasteiger partial charge in [0, 0.05) is 0 Å². The fourth-order valence-electron chi connectivity index (χ4n) is 5.68. The third-order valence-electron chi connectivity index (χ3n) is 7.07. The third-order valence-corrected chi connectivity index (χ3v) is 7.07. The van der Waals surface area contributed by atoms with Crippen LogP contribution in [0.15, 0.2) is 24.3 Å². The zero-order valence-electron chi connectivity index (χ0n) is 18.0. The Bertz CT molecular complexity index is 798. The van der Waals surface area contributed by atoms with Crippen LogP contribution in [0.2, 0.25) is 0 Å². The molecule has 0 heterocycles. The molecule has 4 unspecified atom stereocenters. The van der Waals surface area contributed by atoms with Crippen molar-refractivity contribution in [3.63, 3.8) is 0 Å². The molecule has 4 rings (SSSR count). The Morgan fingerprint density at radius 2 is 0.867 bits per heavy atom. The smallest absolute Gasteiger partial charge is 0.200 e. The first-order chi connectivity index (χ1) is 14.5. The Hall–Kier alpha value is -2.76. The minimum absolute atomic E-state index is 0.0471. The van der Waals surface area contributed by atoms with E-state index in [0.29, 0.717) is 46.7 Å². The lowest BCUT2D eigenvalue weighted by Crippen LogP contribution is -2.12. The maximum atomic E-state index is 10.3. The van der Waals surface area contributed by atoms with Crippen LogP contribution in [0.5, 0.6) is 34.5 Å². The van der Waals surface area contributed by atoms with Crippen molar-refractivity contribution < 1.29 is 29.2 Å². The lowest BCUT2D eigenvalue weighted by atomic mass is 9.83. The number of methoxy groups -OCH3 is 4. The van der Waals surface area contributed by atoms with Crippen LogP contribution in [0.3, 0.4) is 0 Å². The highest BCUT2D eigenvalue weighted by molar-refractivity contribution is 5.55. The van der Waals surface area contributed by atoms with Crippen molar-refractivity contribution in [3.05, 3.63) is 35.4 Å². The van der Waals surface area contributed by atoms with Crippen LogP contribution in [0.25, 0.3) is 0 Å². The second-order valence-electron chi connectivity index (χ2n) is 8.24. The van der Waals surface area contributed by atoms with E-state index in [1.807, 2.05) is 24.3 Å². The van der Waals surface area contributed by atoms with Crippen molar-refractivity contribution in [1.29, 1.82) is 0 Å². The molecule has 0 aromatic heterocycles. The molecule has 0 aliphatic heterocycles. The summed E-state index contributed by atoms with van der Waals surface area (Å²) in [5.41, 5.74) is 2.33. The zero-order chi connectivity index (χ0) is 21.4. The summed E-state index contributed by atoms with van der Waals surface area (Å²) in [6.45, 7) is 0. The minimum Gasteiger partial charge on any atom is -0.502 e. The van der Waals surface area contributed by atoms with Gasteiger partial charge < -0.3 is 29.2 Å². The molecule has 2 aromatic carbocycles. The first-order valence-electron chi connectivity index (χ1n) is 10.4. The average Bonchev–Trinajstić information content (AvgIpc) is 3.36. The molecule has 162 valence electrons. The summed E-state index contributed by atoms with van der Waals surface area (Å²) in [5.74, 6) is 3.83. The molecule has 2 fully saturated rings. The molecular weight excluding hydrogens is 384 g/mol. The number of ether oxygens (including phenoxy) is 4. The van der Waals surface area contributed by atoms with Crippen LogP contribution in [-0.2, 0) is 0 Å². The number of benzene rings is 2. The number of rotatable bonds is 6. The van der Waals surface area contributed by atoms with E-state index in [2.05, 4.69) is 0 Å². The molecule has 2 saturated carbocycles. The SMILES string of the molecule is COc1cc(C2CCC3C(c4cc(OC)c(O)c(OC)c4)CCC23)cc(OC)c1O. The molecule has 0 amide bonds. The van der Waals surface area contributed by atoms with Crippen molar-refractivity contribution in [1.82, 2.24) is 0 Å².